The zero-order valence-corrected chi connectivity index (χ0v) is 16.1. The number of nitrogens with two attached hydrogens (primary N) is 1. The van der Waals surface area contributed by atoms with E-state index >= 15 is 0 Å². The van der Waals surface area contributed by atoms with Crippen LogP contribution in [-0.4, -0.2) is 26.7 Å². The van der Waals surface area contributed by atoms with Crippen LogP contribution in [0.2, 0.25) is 0 Å². The number of carbonyl (C=O) groups excluding carboxylic acids is 1. The van der Waals surface area contributed by atoms with E-state index in [-0.39, 0.29) is 42.7 Å². The Morgan fingerprint density at radius 3 is 2.58 bits per heavy atom. The van der Waals surface area contributed by atoms with Gasteiger partial charge in [-0.25, -0.2) is 9.67 Å². The summed E-state index contributed by atoms with van der Waals surface area (Å²) in [5, 5.41) is 7.26. The first-order valence-electron chi connectivity index (χ1n) is 8.65. The first kappa shape index (κ1) is 20.7. The maximum absolute atomic E-state index is 12.6. The van der Waals surface area contributed by atoms with Gasteiger partial charge in [0.1, 0.15) is 12.7 Å². The second kappa shape index (κ2) is 8.84. The topological polar surface area (TPSA) is 85.8 Å². The highest BCUT2D eigenvalue weighted by Crippen LogP contribution is 2.47. The normalized spacial score (nSPS) is 26.0. The third kappa shape index (κ3) is 4.03. The lowest BCUT2D eigenvalue weighted by atomic mass is 9.84. The SMILES string of the molecule is Cl.Cl.NC1C2CCC(C2)C1C(=O)NCc1ccccc1Cn1cncn1. The molecule has 1 aromatic carbocycles. The molecular formula is C18H25Cl2N5O. The molecule has 3 N–H and O–H groups in total. The fraction of sp³-hybridized carbons (Fsp3) is 0.500. The van der Waals surface area contributed by atoms with Gasteiger partial charge < -0.3 is 11.1 Å². The minimum atomic E-state index is -0.00812. The Morgan fingerprint density at radius 2 is 1.92 bits per heavy atom. The van der Waals surface area contributed by atoms with Crippen molar-refractivity contribution in [2.45, 2.75) is 38.4 Å². The molecule has 4 atom stereocenters. The van der Waals surface area contributed by atoms with Crippen molar-refractivity contribution in [1.82, 2.24) is 20.1 Å². The minimum absolute atomic E-state index is 0. The highest BCUT2D eigenvalue weighted by molar-refractivity contribution is 5.85. The molecule has 0 saturated heterocycles. The van der Waals surface area contributed by atoms with Gasteiger partial charge in [0.15, 0.2) is 0 Å². The number of nitrogens with one attached hydrogen (secondary N) is 1. The summed E-state index contributed by atoms with van der Waals surface area (Å²) >= 11 is 0. The van der Waals surface area contributed by atoms with Crippen molar-refractivity contribution in [3.05, 3.63) is 48.0 Å². The van der Waals surface area contributed by atoms with Crippen LogP contribution in [0, 0.1) is 17.8 Å². The van der Waals surface area contributed by atoms with Crippen LogP contribution in [0.1, 0.15) is 30.4 Å². The summed E-state index contributed by atoms with van der Waals surface area (Å²) in [7, 11) is 0. The predicted molar refractivity (Wildman–Crippen MR) is 104 cm³/mol. The largest absolute Gasteiger partial charge is 0.352 e. The van der Waals surface area contributed by atoms with Gasteiger partial charge in [0.05, 0.1) is 12.5 Å². The van der Waals surface area contributed by atoms with Gasteiger partial charge in [-0.3, -0.25) is 4.79 Å². The molecule has 4 rings (SSSR count). The zero-order valence-electron chi connectivity index (χ0n) is 14.5. The Kier molecular flexibility index (Phi) is 7.03. The van der Waals surface area contributed by atoms with Gasteiger partial charge in [0.25, 0.3) is 0 Å². The number of hydrogen-bond acceptors (Lipinski definition) is 4. The van der Waals surface area contributed by atoms with Crippen molar-refractivity contribution in [2.75, 3.05) is 0 Å². The summed E-state index contributed by atoms with van der Waals surface area (Å²) in [6.45, 7) is 1.18. The van der Waals surface area contributed by atoms with Crippen molar-refractivity contribution in [3.8, 4) is 0 Å². The van der Waals surface area contributed by atoms with Gasteiger partial charge in [-0.1, -0.05) is 24.3 Å². The molecule has 2 fully saturated rings. The Labute approximate surface area is 165 Å². The number of halogens is 2. The number of carbonyl (C=O) groups is 1. The highest BCUT2D eigenvalue weighted by atomic mass is 35.5. The fourth-order valence-corrected chi connectivity index (χ4v) is 4.40. The van der Waals surface area contributed by atoms with Crippen LogP contribution in [0.5, 0.6) is 0 Å². The van der Waals surface area contributed by atoms with Crippen LogP contribution in [0.4, 0.5) is 0 Å². The van der Waals surface area contributed by atoms with E-state index < -0.39 is 0 Å². The molecule has 26 heavy (non-hydrogen) atoms. The summed E-state index contributed by atoms with van der Waals surface area (Å²) in [5.41, 5.74) is 8.52. The average Bonchev–Trinajstić information content (AvgIpc) is 3.31. The number of hydrogen-bond donors (Lipinski definition) is 2. The number of benzene rings is 1. The molecule has 0 radical (unpaired) electrons. The Bertz CT molecular complexity index is 722. The smallest absolute Gasteiger partial charge is 0.225 e. The fourth-order valence-electron chi connectivity index (χ4n) is 4.40. The van der Waals surface area contributed by atoms with Gasteiger partial charge in [-0.05, 0) is 42.2 Å². The van der Waals surface area contributed by atoms with E-state index in [9.17, 15) is 4.79 Å². The Morgan fingerprint density at radius 1 is 1.19 bits per heavy atom. The number of fused-ring (bicyclic) bond motifs is 2. The van der Waals surface area contributed by atoms with Crippen LogP contribution >= 0.6 is 24.8 Å². The molecule has 1 aromatic heterocycles. The average molecular weight is 398 g/mol. The van der Waals surface area contributed by atoms with Crippen LogP contribution in [0.15, 0.2) is 36.9 Å². The number of aromatic nitrogens is 3. The standard InChI is InChI=1S/C18H23N5O.2ClH/c19-17-13-6-5-12(7-13)16(17)18(24)21-8-14-3-1-2-4-15(14)9-23-11-20-10-22-23;;/h1-4,10-13,16-17H,5-9,19H2,(H,21,24);2*1H. The molecule has 0 aliphatic heterocycles. The van der Waals surface area contributed by atoms with E-state index in [0.29, 0.717) is 24.9 Å². The van der Waals surface area contributed by atoms with Gasteiger partial charge in [-0.15, -0.1) is 24.8 Å². The number of amides is 1. The van der Waals surface area contributed by atoms with Crippen LogP contribution in [-0.2, 0) is 17.9 Å². The maximum atomic E-state index is 12.6. The van der Waals surface area contributed by atoms with Crippen molar-refractivity contribution in [3.63, 3.8) is 0 Å². The number of nitrogens with zero attached hydrogens (tertiary/aromatic N) is 3. The summed E-state index contributed by atoms with van der Waals surface area (Å²) in [6.07, 6.45) is 6.70. The molecule has 2 saturated carbocycles. The van der Waals surface area contributed by atoms with Crippen LogP contribution in [0.3, 0.4) is 0 Å². The molecule has 142 valence electrons. The molecule has 2 aliphatic carbocycles. The van der Waals surface area contributed by atoms with E-state index in [1.807, 2.05) is 18.2 Å². The van der Waals surface area contributed by atoms with E-state index in [0.717, 1.165) is 24.0 Å². The lowest BCUT2D eigenvalue weighted by Gasteiger charge is -2.27. The van der Waals surface area contributed by atoms with Crippen LogP contribution in [0.25, 0.3) is 0 Å². The molecule has 1 heterocycles. The zero-order chi connectivity index (χ0) is 16.5. The number of rotatable bonds is 5. The first-order valence-corrected chi connectivity index (χ1v) is 8.65. The Balaban J connectivity index is 0.00000121. The molecule has 8 heteroatoms. The highest BCUT2D eigenvalue weighted by Gasteiger charge is 2.48. The lowest BCUT2D eigenvalue weighted by molar-refractivity contribution is -0.127. The molecule has 0 spiro atoms. The van der Waals surface area contributed by atoms with E-state index in [1.54, 1.807) is 11.0 Å². The monoisotopic (exact) mass is 397 g/mol. The van der Waals surface area contributed by atoms with E-state index in [4.69, 9.17) is 5.73 Å². The van der Waals surface area contributed by atoms with Crippen molar-refractivity contribution >= 4 is 30.7 Å². The van der Waals surface area contributed by atoms with Crippen molar-refractivity contribution in [1.29, 1.82) is 0 Å². The molecule has 2 aromatic rings. The third-order valence-electron chi connectivity index (χ3n) is 5.65. The maximum Gasteiger partial charge on any atom is 0.225 e. The lowest BCUT2D eigenvalue weighted by Crippen LogP contribution is -2.45. The summed E-state index contributed by atoms with van der Waals surface area (Å²) in [4.78, 5) is 16.6. The molecule has 2 bridgehead atoms. The first-order chi connectivity index (χ1) is 11.7. The molecular weight excluding hydrogens is 373 g/mol. The van der Waals surface area contributed by atoms with Crippen LogP contribution < -0.4 is 11.1 Å². The van der Waals surface area contributed by atoms with Crippen molar-refractivity contribution in [2.24, 2.45) is 23.5 Å². The quantitative estimate of drug-likeness (QED) is 0.808. The summed E-state index contributed by atoms with van der Waals surface area (Å²) < 4.78 is 1.78. The van der Waals surface area contributed by atoms with Gasteiger partial charge in [0, 0.05) is 12.6 Å². The minimum Gasteiger partial charge on any atom is -0.352 e. The van der Waals surface area contributed by atoms with E-state index in [1.165, 1.54) is 12.7 Å². The predicted octanol–water partition coefficient (Wildman–Crippen LogP) is 2.16. The second-order valence-corrected chi connectivity index (χ2v) is 7.02. The second-order valence-electron chi connectivity index (χ2n) is 7.02. The van der Waals surface area contributed by atoms with E-state index in [2.05, 4.69) is 21.5 Å². The molecule has 6 nitrogen and oxygen atoms in total. The molecule has 4 unspecified atom stereocenters. The summed E-state index contributed by atoms with van der Waals surface area (Å²) in [5.74, 6) is 1.14. The Hall–Kier alpha value is -1.63. The van der Waals surface area contributed by atoms with Gasteiger partial charge in [-0.2, -0.15) is 5.10 Å². The molecule has 2 aliphatic rings. The molecule has 1 amide bonds. The summed E-state index contributed by atoms with van der Waals surface area (Å²) in [6, 6.07) is 8.15. The van der Waals surface area contributed by atoms with Crippen molar-refractivity contribution < 1.29 is 4.79 Å². The third-order valence-corrected chi connectivity index (χ3v) is 5.65. The van der Waals surface area contributed by atoms with Gasteiger partial charge in [0.2, 0.25) is 5.91 Å². The van der Waals surface area contributed by atoms with Gasteiger partial charge >= 0.3 is 0 Å².